The molecule has 3 nitrogen and oxygen atoms in total. The molecule has 1 atom stereocenters. The van der Waals surface area contributed by atoms with E-state index in [1.807, 2.05) is 6.92 Å². The van der Waals surface area contributed by atoms with Crippen LogP contribution >= 0.6 is 0 Å². The third-order valence-electron chi connectivity index (χ3n) is 2.60. The van der Waals surface area contributed by atoms with Gasteiger partial charge in [0.1, 0.15) is 0 Å². The number of rotatable bonds is 4. The van der Waals surface area contributed by atoms with Gasteiger partial charge in [-0.15, -0.1) is 0 Å². The van der Waals surface area contributed by atoms with E-state index in [1.54, 1.807) is 0 Å². The van der Waals surface area contributed by atoms with Gasteiger partial charge in [-0.25, -0.2) is 0 Å². The predicted octanol–water partition coefficient (Wildman–Crippen LogP) is 0.640. The van der Waals surface area contributed by atoms with Gasteiger partial charge < -0.3 is 11.1 Å². The van der Waals surface area contributed by atoms with E-state index >= 15 is 0 Å². The van der Waals surface area contributed by atoms with Gasteiger partial charge in [-0.2, -0.15) is 0 Å². The second-order valence-corrected chi connectivity index (χ2v) is 3.48. The monoisotopic (exact) mass is 170 g/mol. The van der Waals surface area contributed by atoms with Crippen LogP contribution in [0.5, 0.6) is 0 Å². The molecule has 1 saturated carbocycles. The first kappa shape index (κ1) is 9.52. The van der Waals surface area contributed by atoms with E-state index in [4.69, 9.17) is 5.73 Å². The lowest BCUT2D eigenvalue weighted by atomic mass is 9.92. The third kappa shape index (κ3) is 2.21. The maximum Gasteiger partial charge on any atom is 0.224 e. The summed E-state index contributed by atoms with van der Waals surface area (Å²) >= 11 is 0. The van der Waals surface area contributed by atoms with Crippen LogP contribution in [0, 0.1) is 5.92 Å². The maximum atomic E-state index is 11.4. The van der Waals surface area contributed by atoms with Crippen LogP contribution in [0.15, 0.2) is 0 Å². The Morgan fingerprint density at radius 2 is 2.33 bits per heavy atom. The summed E-state index contributed by atoms with van der Waals surface area (Å²) in [5.41, 5.74) is 5.46. The van der Waals surface area contributed by atoms with Crippen molar-refractivity contribution in [1.82, 2.24) is 5.32 Å². The zero-order chi connectivity index (χ0) is 8.97. The molecule has 3 heteroatoms. The molecule has 1 amide bonds. The van der Waals surface area contributed by atoms with Gasteiger partial charge in [0.2, 0.25) is 5.91 Å². The minimum absolute atomic E-state index is 0.0191. The van der Waals surface area contributed by atoms with Crippen LogP contribution in [0.3, 0.4) is 0 Å². The molecule has 0 aliphatic heterocycles. The SMILES string of the molecule is CCC(CN)C(=O)NC1CCC1. The molecule has 3 N–H and O–H groups in total. The minimum atomic E-state index is 0.0191. The summed E-state index contributed by atoms with van der Waals surface area (Å²) in [6, 6.07) is 0.443. The summed E-state index contributed by atoms with van der Waals surface area (Å²) < 4.78 is 0. The Morgan fingerprint density at radius 1 is 1.67 bits per heavy atom. The molecule has 0 aromatic heterocycles. The molecule has 1 aliphatic rings. The Morgan fingerprint density at radius 3 is 2.67 bits per heavy atom. The highest BCUT2D eigenvalue weighted by molar-refractivity contribution is 5.79. The Balaban J connectivity index is 2.24. The number of hydrogen-bond donors (Lipinski definition) is 2. The van der Waals surface area contributed by atoms with Crippen LogP contribution in [-0.4, -0.2) is 18.5 Å². The highest BCUT2D eigenvalue weighted by atomic mass is 16.1. The Kier molecular flexibility index (Phi) is 3.53. The van der Waals surface area contributed by atoms with E-state index in [9.17, 15) is 4.79 Å². The molecular formula is C9H18N2O. The zero-order valence-electron chi connectivity index (χ0n) is 7.68. The number of carbonyl (C=O) groups is 1. The summed E-state index contributed by atoms with van der Waals surface area (Å²) in [7, 11) is 0. The summed E-state index contributed by atoms with van der Waals surface area (Å²) in [6.07, 6.45) is 4.39. The highest BCUT2D eigenvalue weighted by Gasteiger charge is 2.22. The second kappa shape index (κ2) is 4.45. The molecule has 70 valence electrons. The van der Waals surface area contributed by atoms with Crippen LogP contribution in [0.2, 0.25) is 0 Å². The molecule has 1 fully saturated rings. The van der Waals surface area contributed by atoms with Crippen molar-refractivity contribution in [3.8, 4) is 0 Å². The summed E-state index contributed by atoms with van der Waals surface area (Å²) in [4.78, 5) is 11.4. The van der Waals surface area contributed by atoms with Gasteiger partial charge >= 0.3 is 0 Å². The quantitative estimate of drug-likeness (QED) is 0.650. The molecule has 0 radical (unpaired) electrons. The number of amides is 1. The molecule has 0 bridgehead atoms. The third-order valence-corrected chi connectivity index (χ3v) is 2.60. The van der Waals surface area contributed by atoms with Crippen molar-refractivity contribution in [2.75, 3.05) is 6.54 Å². The predicted molar refractivity (Wildman–Crippen MR) is 48.6 cm³/mol. The topological polar surface area (TPSA) is 55.1 Å². The van der Waals surface area contributed by atoms with E-state index in [-0.39, 0.29) is 11.8 Å². The zero-order valence-corrected chi connectivity index (χ0v) is 7.68. The molecule has 0 spiro atoms. The van der Waals surface area contributed by atoms with Crippen molar-refractivity contribution in [2.24, 2.45) is 11.7 Å². The van der Waals surface area contributed by atoms with Crippen LogP contribution in [0.4, 0.5) is 0 Å². The van der Waals surface area contributed by atoms with Crippen LogP contribution in [0.1, 0.15) is 32.6 Å². The summed E-state index contributed by atoms with van der Waals surface area (Å²) in [5.74, 6) is 0.162. The van der Waals surface area contributed by atoms with E-state index < -0.39 is 0 Å². The van der Waals surface area contributed by atoms with Crippen LogP contribution < -0.4 is 11.1 Å². The van der Waals surface area contributed by atoms with E-state index in [1.165, 1.54) is 6.42 Å². The Labute approximate surface area is 73.7 Å². The molecule has 0 saturated heterocycles. The van der Waals surface area contributed by atoms with Crippen molar-refractivity contribution in [1.29, 1.82) is 0 Å². The fourth-order valence-corrected chi connectivity index (χ4v) is 1.33. The fourth-order valence-electron chi connectivity index (χ4n) is 1.33. The van der Waals surface area contributed by atoms with Crippen molar-refractivity contribution in [2.45, 2.75) is 38.6 Å². The smallest absolute Gasteiger partial charge is 0.224 e. The van der Waals surface area contributed by atoms with E-state index in [2.05, 4.69) is 5.32 Å². The molecule has 0 aromatic carbocycles. The number of carbonyl (C=O) groups excluding carboxylic acids is 1. The lowest BCUT2D eigenvalue weighted by molar-refractivity contribution is -0.126. The van der Waals surface area contributed by atoms with Gasteiger partial charge in [0.05, 0.1) is 0 Å². The van der Waals surface area contributed by atoms with Gasteiger partial charge in [-0.05, 0) is 25.7 Å². The maximum absolute atomic E-state index is 11.4. The molecule has 0 aromatic rings. The molecular weight excluding hydrogens is 152 g/mol. The lowest BCUT2D eigenvalue weighted by Crippen LogP contribution is -2.44. The van der Waals surface area contributed by atoms with Crippen molar-refractivity contribution in [3.05, 3.63) is 0 Å². The van der Waals surface area contributed by atoms with Gasteiger partial charge in [0.25, 0.3) is 0 Å². The number of nitrogens with two attached hydrogens (primary N) is 1. The van der Waals surface area contributed by atoms with Gasteiger partial charge in [-0.3, -0.25) is 4.79 Å². The Hall–Kier alpha value is -0.570. The molecule has 12 heavy (non-hydrogen) atoms. The molecule has 0 heterocycles. The first-order valence-electron chi connectivity index (χ1n) is 4.78. The standard InChI is InChI=1S/C9H18N2O/c1-2-7(6-10)9(12)11-8-4-3-5-8/h7-8H,2-6,10H2,1H3,(H,11,12). The van der Waals surface area contributed by atoms with Gasteiger partial charge in [0, 0.05) is 18.5 Å². The average molecular weight is 170 g/mol. The molecule has 1 aliphatic carbocycles. The fraction of sp³-hybridized carbons (Fsp3) is 0.889. The molecule has 1 rings (SSSR count). The van der Waals surface area contributed by atoms with Gasteiger partial charge in [-0.1, -0.05) is 6.92 Å². The average Bonchev–Trinajstić information content (AvgIpc) is 1.99. The van der Waals surface area contributed by atoms with E-state index in [0.717, 1.165) is 19.3 Å². The minimum Gasteiger partial charge on any atom is -0.353 e. The molecule has 1 unspecified atom stereocenters. The normalized spacial score (nSPS) is 19.8. The van der Waals surface area contributed by atoms with Crippen molar-refractivity contribution < 1.29 is 4.79 Å². The van der Waals surface area contributed by atoms with Crippen molar-refractivity contribution in [3.63, 3.8) is 0 Å². The highest BCUT2D eigenvalue weighted by Crippen LogP contribution is 2.18. The number of hydrogen-bond acceptors (Lipinski definition) is 2. The van der Waals surface area contributed by atoms with Crippen LogP contribution in [0.25, 0.3) is 0 Å². The number of nitrogens with one attached hydrogen (secondary N) is 1. The Bertz CT molecular complexity index is 151. The first-order chi connectivity index (χ1) is 5.77. The van der Waals surface area contributed by atoms with Gasteiger partial charge in [0.15, 0.2) is 0 Å². The summed E-state index contributed by atoms with van der Waals surface area (Å²) in [6.45, 7) is 2.47. The first-order valence-corrected chi connectivity index (χ1v) is 4.78. The van der Waals surface area contributed by atoms with E-state index in [0.29, 0.717) is 12.6 Å². The largest absolute Gasteiger partial charge is 0.353 e. The lowest BCUT2D eigenvalue weighted by Gasteiger charge is -2.28. The van der Waals surface area contributed by atoms with Crippen molar-refractivity contribution >= 4 is 5.91 Å². The van der Waals surface area contributed by atoms with Crippen LogP contribution in [-0.2, 0) is 4.79 Å². The second-order valence-electron chi connectivity index (χ2n) is 3.48. The summed E-state index contributed by atoms with van der Waals surface area (Å²) in [5, 5.41) is 3.00.